The third-order valence-corrected chi connectivity index (χ3v) is 1.81. The monoisotopic (exact) mass is 180 g/mol. The molecule has 0 atom stereocenters. The highest BCUT2D eigenvalue weighted by Gasteiger charge is 1.99. The summed E-state index contributed by atoms with van der Waals surface area (Å²) in [5, 5.41) is 2.06. The van der Waals surface area contributed by atoms with Crippen molar-refractivity contribution in [3.63, 3.8) is 0 Å². The number of hydrazine groups is 1. The van der Waals surface area contributed by atoms with E-state index < -0.39 is 0 Å². The van der Waals surface area contributed by atoms with Crippen molar-refractivity contribution in [1.82, 2.24) is 9.99 Å². The van der Waals surface area contributed by atoms with Gasteiger partial charge in [0.1, 0.15) is 11.6 Å². The van der Waals surface area contributed by atoms with Crippen LogP contribution in [0, 0.1) is 0 Å². The van der Waals surface area contributed by atoms with E-state index in [9.17, 15) is 0 Å². The molecule has 1 rings (SSSR count). The lowest BCUT2D eigenvalue weighted by atomic mass is 10.4. The Labute approximate surface area is 78.7 Å². The van der Waals surface area contributed by atoms with Crippen LogP contribution in [0.4, 0.5) is 11.6 Å². The van der Waals surface area contributed by atoms with E-state index in [0.29, 0.717) is 5.82 Å². The molecule has 0 saturated carbocycles. The SMILES string of the molecule is CCN(CC)Nc1cccc(N)n1. The van der Waals surface area contributed by atoms with E-state index in [1.165, 1.54) is 0 Å². The molecule has 0 aliphatic heterocycles. The van der Waals surface area contributed by atoms with E-state index in [1.807, 2.05) is 12.1 Å². The van der Waals surface area contributed by atoms with Gasteiger partial charge in [-0.15, -0.1) is 0 Å². The minimum Gasteiger partial charge on any atom is -0.384 e. The van der Waals surface area contributed by atoms with Gasteiger partial charge < -0.3 is 11.2 Å². The molecule has 0 aliphatic carbocycles. The first-order chi connectivity index (χ1) is 6.26. The molecule has 0 amide bonds. The van der Waals surface area contributed by atoms with E-state index in [1.54, 1.807) is 6.07 Å². The number of nitrogens with zero attached hydrogens (tertiary/aromatic N) is 2. The molecule has 72 valence electrons. The lowest BCUT2D eigenvalue weighted by Gasteiger charge is -2.19. The van der Waals surface area contributed by atoms with Crippen molar-refractivity contribution in [2.75, 3.05) is 24.2 Å². The van der Waals surface area contributed by atoms with E-state index in [-0.39, 0.29) is 0 Å². The van der Waals surface area contributed by atoms with Gasteiger partial charge in [0.2, 0.25) is 0 Å². The number of nitrogen functional groups attached to an aromatic ring is 1. The lowest BCUT2D eigenvalue weighted by Crippen LogP contribution is -2.29. The molecule has 1 aromatic heterocycles. The van der Waals surface area contributed by atoms with Crippen molar-refractivity contribution >= 4 is 11.6 Å². The van der Waals surface area contributed by atoms with E-state index in [2.05, 4.69) is 29.3 Å². The minimum atomic E-state index is 0.539. The Bertz CT molecular complexity index is 258. The molecular formula is C9H16N4. The van der Waals surface area contributed by atoms with Crippen LogP contribution in [0.3, 0.4) is 0 Å². The number of hydrogen-bond acceptors (Lipinski definition) is 4. The van der Waals surface area contributed by atoms with E-state index in [4.69, 9.17) is 5.73 Å². The molecule has 0 saturated heterocycles. The predicted molar refractivity (Wildman–Crippen MR) is 55.2 cm³/mol. The molecule has 0 aliphatic rings. The van der Waals surface area contributed by atoms with E-state index >= 15 is 0 Å². The Morgan fingerprint density at radius 2 is 2.08 bits per heavy atom. The standard InChI is InChI=1S/C9H16N4/c1-3-13(4-2)12-9-7-5-6-8(10)11-9/h5-7H,3-4H2,1-2H3,(H3,10,11,12). The van der Waals surface area contributed by atoms with Gasteiger partial charge in [-0.1, -0.05) is 19.9 Å². The Kier molecular flexibility index (Phi) is 3.52. The molecule has 13 heavy (non-hydrogen) atoms. The second-order valence-electron chi connectivity index (χ2n) is 2.73. The van der Waals surface area contributed by atoms with Crippen LogP contribution in [-0.2, 0) is 0 Å². The highest BCUT2D eigenvalue weighted by Crippen LogP contribution is 2.06. The molecule has 0 unspecified atom stereocenters. The quantitative estimate of drug-likeness (QED) is 0.686. The highest BCUT2D eigenvalue weighted by molar-refractivity contribution is 5.41. The van der Waals surface area contributed by atoms with Gasteiger partial charge in [0.05, 0.1) is 0 Å². The summed E-state index contributed by atoms with van der Waals surface area (Å²) in [6, 6.07) is 5.55. The smallest absolute Gasteiger partial charge is 0.142 e. The number of pyridine rings is 1. The Balaban J connectivity index is 2.62. The van der Waals surface area contributed by atoms with Crippen molar-refractivity contribution in [3.8, 4) is 0 Å². The van der Waals surface area contributed by atoms with Crippen molar-refractivity contribution in [1.29, 1.82) is 0 Å². The Hall–Kier alpha value is -1.29. The molecule has 0 radical (unpaired) electrons. The summed E-state index contributed by atoms with van der Waals surface area (Å²) in [6.07, 6.45) is 0. The third kappa shape index (κ3) is 2.91. The highest BCUT2D eigenvalue weighted by atomic mass is 15.5. The topological polar surface area (TPSA) is 54.2 Å². The first kappa shape index (κ1) is 9.80. The number of nitrogens with one attached hydrogen (secondary N) is 1. The Morgan fingerprint density at radius 1 is 1.38 bits per heavy atom. The van der Waals surface area contributed by atoms with Gasteiger partial charge in [-0.3, -0.25) is 0 Å². The number of rotatable bonds is 4. The van der Waals surface area contributed by atoms with Crippen LogP contribution in [-0.4, -0.2) is 23.1 Å². The van der Waals surface area contributed by atoms with Crippen LogP contribution in [0.1, 0.15) is 13.8 Å². The van der Waals surface area contributed by atoms with Crippen molar-refractivity contribution in [3.05, 3.63) is 18.2 Å². The van der Waals surface area contributed by atoms with Gasteiger partial charge >= 0.3 is 0 Å². The first-order valence-corrected chi connectivity index (χ1v) is 4.50. The first-order valence-electron chi connectivity index (χ1n) is 4.50. The van der Waals surface area contributed by atoms with Crippen LogP contribution in [0.25, 0.3) is 0 Å². The summed E-state index contributed by atoms with van der Waals surface area (Å²) in [4.78, 5) is 4.13. The van der Waals surface area contributed by atoms with Crippen LogP contribution < -0.4 is 11.2 Å². The number of nitrogens with two attached hydrogens (primary N) is 1. The number of aromatic nitrogens is 1. The largest absolute Gasteiger partial charge is 0.384 e. The summed E-state index contributed by atoms with van der Waals surface area (Å²) < 4.78 is 0. The molecular weight excluding hydrogens is 164 g/mol. The zero-order valence-electron chi connectivity index (χ0n) is 8.12. The fourth-order valence-electron chi connectivity index (χ4n) is 1.06. The van der Waals surface area contributed by atoms with Crippen molar-refractivity contribution in [2.24, 2.45) is 0 Å². The van der Waals surface area contributed by atoms with Gasteiger partial charge in [-0.25, -0.2) is 9.99 Å². The lowest BCUT2D eigenvalue weighted by molar-refractivity contribution is 0.365. The Morgan fingerprint density at radius 3 is 2.62 bits per heavy atom. The molecule has 4 nitrogen and oxygen atoms in total. The second-order valence-corrected chi connectivity index (χ2v) is 2.73. The summed E-state index contributed by atoms with van der Waals surface area (Å²) in [5.74, 6) is 1.33. The maximum atomic E-state index is 5.55. The van der Waals surface area contributed by atoms with Crippen LogP contribution in [0.15, 0.2) is 18.2 Å². The summed E-state index contributed by atoms with van der Waals surface area (Å²) in [5.41, 5.74) is 8.71. The van der Waals surface area contributed by atoms with Crippen LogP contribution in [0.5, 0.6) is 0 Å². The van der Waals surface area contributed by atoms with Gasteiger partial charge in [-0.05, 0) is 12.1 Å². The molecule has 4 heteroatoms. The molecule has 0 fully saturated rings. The maximum absolute atomic E-state index is 5.55. The fraction of sp³-hybridized carbons (Fsp3) is 0.444. The number of anilines is 2. The third-order valence-electron chi connectivity index (χ3n) is 1.81. The normalized spacial score (nSPS) is 10.4. The zero-order chi connectivity index (χ0) is 9.68. The van der Waals surface area contributed by atoms with Crippen molar-refractivity contribution < 1.29 is 0 Å². The van der Waals surface area contributed by atoms with Gasteiger partial charge in [0.15, 0.2) is 0 Å². The molecule has 0 aromatic carbocycles. The van der Waals surface area contributed by atoms with Gasteiger partial charge in [0, 0.05) is 13.1 Å². The average molecular weight is 180 g/mol. The molecule has 3 N–H and O–H groups in total. The van der Waals surface area contributed by atoms with Crippen molar-refractivity contribution in [2.45, 2.75) is 13.8 Å². The van der Waals surface area contributed by atoms with E-state index in [0.717, 1.165) is 18.9 Å². The zero-order valence-corrected chi connectivity index (χ0v) is 8.12. The molecule has 0 bridgehead atoms. The van der Waals surface area contributed by atoms with Crippen LogP contribution in [0.2, 0.25) is 0 Å². The predicted octanol–water partition coefficient (Wildman–Crippen LogP) is 1.33. The fourth-order valence-corrected chi connectivity index (χ4v) is 1.06. The number of hydrogen-bond donors (Lipinski definition) is 2. The van der Waals surface area contributed by atoms with Crippen LogP contribution >= 0.6 is 0 Å². The minimum absolute atomic E-state index is 0.539. The summed E-state index contributed by atoms with van der Waals surface area (Å²) in [7, 11) is 0. The average Bonchev–Trinajstić information content (AvgIpc) is 2.14. The molecule has 0 spiro atoms. The second kappa shape index (κ2) is 4.67. The summed E-state index contributed by atoms with van der Waals surface area (Å²) in [6.45, 7) is 6.05. The summed E-state index contributed by atoms with van der Waals surface area (Å²) >= 11 is 0. The van der Waals surface area contributed by atoms with Gasteiger partial charge in [0.25, 0.3) is 0 Å². The molecule has 1 aromatic rings. The molecule has 1 heterocycles. The van der Waals surface area contributed by atoms with Gasteiger partial charge in [-0.2, -0.15) is 0 Å². The maximum Gasteiger partial charge on any atom is 0.142 e.